The third-order valence-corrected chi connectivity index (χ3v) is 5.03. The van der Waals surface area contributed by atoms with E-state index in [1.54, 1.807) is 11.8 Å². The van der Waals surface area contributed by atoms with E-state index in [2.05, 4.69) is 57.8 Å². The third-order valence-electron chi connectivity index (χ3n) is 3.49. The molecule has 0 heterocycles. The highest BCUT2D eigenvalue weighted by Crippen LogP contribution is 2.19. The van der Waals surface area contributed by atoms with Gasteiger partial charge in [-0.25, -0.2) is 0 Å². The molecule has 0 aliphatic carbocycles. The average Bonchev–Trinajstić information content (AvgIpc) is 2.59. The molecule has 0 aliphatic heterocycles. The van der Waals surface area contributed by atoms with Gasteiger partial charge in [0.15, 0.2) is 6.54 Å². The van der Waals surface area contributed by atoms with E-state index in [1.165, 1.54) is 10.5 Å². The van der Waals surface area contributed by atoms with E-state index in [0.717, 1.165) is 10.2 Å². The number of hydrogen-bond acceptors (Lipinski definition) is 2. The van der Waals surface area contributed by atoms with Gasteiger partial charge < -0.3 is 10.6 Å². The lowest BCUT2D eigenvalue weighted by atomic mass is 10.1. The lowest BCUT2D eigenvalue weighted by Crippen LogP contribution is -2.87. The summed E-state index contributed by atoms with van der Waals surface area (Å²) in [5.41, 5.74) is 1.24. The van der Waals surface area contributed by atoms with Crippen molar-refractivity contribution in [3.8, 4) is 0 Å². The predicted molar refractivity (Wildman–Crippen MR) is 99.5 cm³/mol. The summed E-state index contributed by atoms with van der Waals surface area (Å²) in [4.78, 5) is 13.1. The van der Waals surface area contributed by atoms with Crippen molar-refractivity contribution < 1.29 is 10.1 Å². The molecule has 0 radical (unpaired) electrons. The first kappa shape index (κ1) is 18.0. The van der Waals surface area contributed by atoms with Gasteiger partial charge in [0, 0.05) is 27.2 Å². The van der Waals surface area contributed by atoms with Gasteiger partial charge in [0.05, 0.1) is 0 Å². The minimum atomic E-state index is 0.0872. The Bertz CT molecular complexity index is 604. The van der Waals surface area contributed by atoms with Crippen LogP contribution in [0.1, 0.15) is 18.5 Å². The van der Waals surface area contributed by atoms with Crippen LogP contribution in [-0.2, 0) is 4.79 Å². The Hall–Kier alpha value is -1.30. The molecule has 23 heavy (non-hydrogen) atoms. The fraction of sp³-hybridized carbons (Fsp3) is 0.278. The van der Waals surface area contributed by atoms with Crippen molar-refractivity contribution in [1.29, 1.82) is 0 Å². The zero-order valence-corrected chi connectivity index (χ0v) is 15.6. The molecule has 0 bridgehead atoms. The number of hydrogen-bond donors (Lipinski definition) is 2. The Morgan fingerprint density at radius 3 is 2.57 bits per heavy atom. The van der Waals surface area contributed by atoms with Crippen LogP contribution in [0.15, 0.2) is 64.0 Å². The van der Waals surface area contributed by atoms with Gasteiger partial charge in [-0.3, -0.25) is 4.79 Å². The summed E-state index contributed by atoms with van der Waals surface area (Å²) in [5.74, 6) is 0.964. The van der Waals surface area contributed by atoms with Crippen molar-refractivity contribution in [2.45, 2.75) is 17.9 Å². The molecule has 0 aliphatic rings. The Kier molecular flexibility index (Phi) is 7.65. The van der Waals surface area contributed by atoms with E-state index >= 15 is 0 Å². The number of nitrogens with two attached hydrogens (primary N) is 1. The molecule has 2 aromatic carbocycles. The molecule has 0 saturated heterocycles. The van der Waals surface area contributed by atoms with Gasteiger partial charge in [-0.05, 0) is 31.2 Å². The second-order valence-corrected chi connectivity index (χ2v) is 7.38. The van der Waals surface area contributed by atoms with Crippen LogP contribution in [0.5, 0.6) is 0 Å². The number of nitrogens with one attached hydrogen (secondary N) is 1. The van der Waals surface area contributed by atoms with Crippen molar-refractivity contribution in [2.24, 2.45) is 0 Å². The maximum atomic E-state index is 11.9. The Labute approximate surface area is 150 Å². The molecule has 5 heteroatoms. The van der Waals surface area contributed by atoms with Crippen LogP contribution in [0.3, 0.4) is 0 Å². The van der Waals surface area contributed by atoms with E-state index in [9.17, 15) is 4.79 Å². The lowest BCUT2D eigenvalue weighted by molar-refractivity contribution is -0.682. The summed E-state index contributed by atoms with van der Waals surface area (Å²) in [5, 5.41) is 5.03. The van der Waals surface area contributed by atoms with E-state index in [0.29, 0.717) is 19.1 Å². The van der Waals surface area contributed by atoms with Gasteiger partial charge in [-0.2, -0.15) is 0 Å². The smallest absolute Gasteiger partial charge is 0.275 e. The van der Waals surface area contributed by atoms with Gasteiger partial charge in [-0.1, -0.05) is 46.3 Å². The first-order chi connectivity index (χ1) is 11.1. The van der Waals surface area contributed by atoms with Crippen molar-refractivity contribution in [3.63, 3.8) is 0 Å². The van der Waals surface area contributed by atoms with Crippen LogP contribution in [-0.4, -0.2) is 24.7 Å². The number of carbonyl (C=O) groups is 1. The Balaban J connectivity index is 1.61. The molecule has 3 nitrogen and oxygen atoms in total. The zero-order valence-electron chi connectivity index (χ0n) is 13.2. The highest BCUT2D eigenvalue weighted by atomic mass is 79.9. The van der Waals surface area contributed by atoms with Crippen molar-refractivity contribution >= 4 is 33.6 Å². The summed E-state index contributed by atoms with van der Waals surface area (Å²) in [6.45, 7) is 3.26. The van der Waals surface area contributed by atoms with Gasteiger partial charge in [0.1, 0.15) is 6.04 Å². The van der Waals surface area contributed by atoms with Crippen LogP contribution >= 0.6 is 27.7 Å². The molecule has 0 fully saturated rings. The maximum Gasteiger partial charge on any atom is 0.275 e. The topological polar surface area (TPSA) is 45.7 Å². The Morgan fingerprint density at radius 2 is 1.87 bits per heavy atom. The molecular weight excluding hydrogens is 372 g/mol. The molecule has 122 valence electrons. The molecule has 2 rings (SSSR count). The van der Waals surface area contributed by atoms with Crippen LogP contribution in [0.25, 0.3) is 0 Å². The van der Waals surface area contributed by atoms with Crippen molar-refractivity contribution in [2.75, 3.05) is 18.8 Å². The van der Waals surface area contributed by atoms with Crippen LogP contribution in [0.4, 0.5) is 0 Å². The van der Waals surface area contributed by atoms with Crippen LogP contribution < -0.4 is 10.6 Å². The molecule has 2 aromatic rings. The number of benzene rings is 2. The second-order valence-electron chi connectivity index (χ2n) is 5.29. The lowest BCUT2D eigenvalue weighted by Gasteiger charge is -2.11. The van der Waals surface area contributed by atoms with Crippen LogP contribution in [0, 0.1) is 0 Å². The number of amides is 1. The molecule has 0 unspecified atom stereocenters. The van der Waals surface area contributed by atoms with E-state index < -0.39 is 0 Å². The third kappa shape index (κ3) is 6.77. The number of rotatable bonds is 8. The fourth-order valence-corrected chi connectivity index (χ4v) is 3.17. The quantitative estimate of drug-likeness (QED) is 0.534. The summed E-state index contributed by atoms with van der Waals surface area (Å²) in [7, 11) is 0. The van der Waals surface area contributed by atoms with E-state index in [4.69, 9.17) is 0 Å². The fourth-order valence-electron chi connectivity index (χ4n) is 2.14. The number of halogens is 1. The number of thioether (sulfide) groups is 1. The summed E-state index contributed by atoms with van der Waals surface area (Å²) < 4.78 is 1.08. The minimum Gasteiger partial charge on any atom is -0.350 e. The maximum absolute atomic E-state index is 11.9. The average molecular weight is 394 g/mol. The predicted octanol–water partition coefficient (Wildman–Crippen LogP) is 2.98. The van der Waals surface area contributed by atoms with Gasteiger partial charge in [0.2, 0.25) is 0 Å². The molecule has 1 amide bonds. The molecule has 1 atom stereocenters. The summed E-state index contributed by atoms with van der Waals surface area (Å²) in [6.07, 6.45) is 0. The molecule has 3 N–H and O–H groups in total. The van der Waals surface area contributed by atoms with E-state index in [1.807, 2.05) is 30.3 Å². The van der Waals surface area contributed by atoms with Gasteiger partial charge in [0.25, 0.3) is 5.91 Å². The van der Waals surface area contributed by atoms with Crippen molar-refractivity contribution in [3.05, 3.63) is 64.6 Å². The standard InChI is InChI=1S/C18H21BrN2OS/c1-14(15-5-3-2-4-6-15)21-13-18(22)20-11-12-23-17-9-7-16(19)8-10-17/h2-10,14,21H,11-13H2,1H3,(H,20,22)/p+1/t14-/m0/s1. The van der Waals surface area contributed by atoms with E-state index in [-0.39, 0.29) is 5.91 Å². The Morgan fingerprint density at radius 1 is 1.17 bits per heavy atom. The minimum absolute atomic E-state index is 0.0872. The second kappa shape index (κ2) is 9.75. The highest BCUT2D eigenvalue weighted by molar-refractivity contribution is 9.10. The first-order valence-electron chi connectivity index (χ1n) is 7.68. The summed E-state index contributed by atoms with van der Waals surface area (Å²) >= 11 is 5.17. The molecule has 0 spiro atoms. The largest absolute Gasteiger partial charge is 0.350 e. The SMILES string of the molecule is C[C@H]([NH2+]CC(=O)NCCSc1ccc(Br)cc1)c1ccccc1. The molecule has 0 saturated carbocycles. The normalized spacial score (nSPS) is 11.9. The van der Waals surface area contributed by atoms with Crippen LogP contribution in [0.2, 0.25) is 0 Å². The van der Waals surface area contributed by atoms with Gasteiger partial charge >= 0.3 is 0 Å². The monoisotopic (exact) mass is 393 g/mol. The summed E-state index contributed by atoms with van der Waals surface area (Å²) in [6, 6.07) is 18.7. The molecule has 0 aromatic heterocycles. The molecular formula is C18H22BrN2OS+. The van der Waals surface area contributed by atoms with Crippen molar-refractivity contribution in [1.82, 2.24) is 5.32 Å². The number of carbonyl (C=O) groups excluding carboxylic acids is 1. The highest BCUT2D eigenvalue weighted by Gasteiger charge is 2.10. The van der Waals surface area contributed by atoms with Gasteiger partial charge in [-0.15, -0.1) is 11.8 Å². The number of quaternary nitrogens is 1. The zero-order chi connectivity index (χ0) is 16.5. The first-order valence-corrected chi connectivity index (χ1v) is 9.46.